The smallest absolute Gasteiger partial charge is 0.424 e. The Morgan fingerprint density at radius 1 is 0.608 bits per heavy atom. The van der Waals surface area contributed by atoms with Crippen molar-refractivity contribution in [2.24, 2.45) is 0 Å². The summed E-state index contributed by atoms with van der Waals surface area (Å²) in [6.07, 6.45) is 8.99. The van der Waals surface area contributed by atoms with E-state index >= 15 is 0 Å². The van der Waals surface area contributed by atoms with Crippen LogP contribution in [0.15, 0.2) is 106 Å². The number of fused-ring (bicyclic) bond motifs is 8. The van der Waals surface area contributed by atoms with Gasteiger partial charge in [-0.2, -0.15) is 20.3 Å². The number of nitrogens with zero attached hydrogens (tertiary/aromatic N) is 6. The Morgan fingerprint density at radius 3 is 1.35 bits per heavy atom. The number of carbonyl (C=O) groups is 6. The molecule has 5 aromatic rings. The first-order chi connectivity index (χ1) is 35.8. The summed E-state index contributed by atoms with van der Waals surface area (Å²) in [5.41, 5.74) is 2.80. The highest BCUT2D eigenvalue weighted by atomic mass is 32.1. The molecule has 2 saturated carbocycles. The highest BCUT2D eigenvalue weighted by Gasteiger charge is 2.50. The third kappa shape index (κ3) is 8.11. The summed E-state index contributed by atoms with van der Waals surface area (Å²) in [6, 6.07) is 25.7. The minimum Gasteiger partial charge on any atom is -0.465 e. The molecule has 11 rings (SSSR count). The molecule has 0 atom stereocenters. The predicted molar refractivity (Wildman–Crippen MR) is 269 cm³/mol. The molecule has 0 N–H and O–H groups in total. The van der Waals surface area contributed by atoms with Crippen molar-refractivity contribution in [2.75, 3.05) is 0 Å². The number of thiazole rings is 2. The van der Waals surface area contributed by atoms with E-state index in [-0.39, 0.29) is 46.7 Å². The van der Waals surface area contributed by atoms with Gasteiger partial charge in [0.15, 0.2) is 0 Å². The average Bonchev–Trinajstić information content (AvgIpc) is 4.01. The quantitative estimate of drug-likeness (QED) is 0.114. The minimum atomic E-state index is -1.20. The summed E-state index contributed by atoms with van der Waals surface area (Å²) >= 11 is 2.57. The average molecular weight is 1030 g/mol. The molecule has 2 spiro atoms. The van der Waals surface area contributed by atoms with Gasteiger partial charge in [-0.05, 0) is 112 Å². The fourth-order valence-electron chi connectivity index (χ4n) is 10.8. The van der Waals surface area contributed by atoms with Crippen LogP contribution in [0.25, 0.3) is 33.0 Å². The number of amides is 6. The van der Waals surface area contributed by atoms with E-state index < -0.39 is 47.0 Å². The molecule has 4 aliphatic heterocycles. The van der Waals surface area contributed by atoms with Crippen molar-refractivity contribution in [1.29, 1.82) is 10.5 Å². The van der Waals surface area contributed by atoms with E-state index in [1.807, 2.05) is 12.1 Å². The van der Waals surface area contributed by atoms with Crippen molar-refractivity contribution < 1.29 is 47.7 Å². The number of ether oxygens (including phenoxy) is 4. The summed E-state index contributed by atoms with van der Waals surface area (Å²) < 4.78 is 24.9. The van der Waals surface area contributed by atoms with Gasteiger partial charge in [0.2, 0.25) is 11.8 Å². The minimum absolute atomic E-state index is 0.0632. The fourth-order valence-corrected chi connectivity index (χ4v) is 12.7. The summed E-state index contributed by atoms with van der Waals surface area (Å²) in [5, 5.41) is 20.9. The Bertz CT molecular complexity index is 3260. The molecule has 6 heterocycles. The lowest BCUT2D eigenvalue weighted by molar-refractivity contribution is -0.140. The number of rotatable bonds is 6. The second kappa shape index (κ2) is 18.9. The molecule has 0 radical (unpaired) electrons. The van der Waals surface area contributed by atoms with Crippen LogP contribution in [0.3, 0.4) is 0 Å². The molecule has 2 aliphatic carbocycles. The first-order valence-electron chi connectivity index (χ1n) is 24.3. The summed E-state index contributed by atoms with van der Waals surface area (Å²) in [4.78, 5) is 94.0. The maximum absolute atomic E-state index is 14.1. The van der Waals surface area contributed by atoms with Crippen LogP contribution >= 0.6 is 22.7 Å². The molecule has 6 aliphatic rings. The lowest BCUT2D eigenvalue weighted by Crippen LogP contribution is -2.46. The molecule has 0 unspecified atom stereocenters. The molecule has 2 fully saturated rings. The molecule has 0 bridgehead atoms. The number of carbonyl (C=O) groups excluding carboxylic acids is 6. The molecule has 18 heteroatoms. The zero-order valence-electron chi connectivity index (χ0n) is 40.2. The van der Waals surface area contributed by atoms with Gasteiger partial charge in [0, 0.05) is 33.4 Å². The van der Waals surface area contributed by atoms with E-state index in [9.17, 15) is 39.3 Å². The van der Waals surface area contributed by atoms with Crippen molar-refractivity contribution in [3.63, 3.8) is 0 Å². The first-order valence-corrected chi connectivity index (χ1v) is 25.9. The standard InChI is InChI=1S/C56H44N6O10S2/c1-31-35(49(63)61(51(65)39(31)27-57)53(67)69-29-33-15-7-3-8-16-33)25-43-59-47-45(73-43)37-23-42-38(24-41(37)55(71-47)19-11-5-12-20-55)46-48(72-56(42)21-13-6-14-22-56)60-44(74-46)26-36-32(2)40(28-58)52(66)62(50(36)64)54(68)70-30-34-17-9-4-10-18-34/h3-4,7-10,15-18,23-26H,5-6,11-14,19-22,29-30H2,1-2H3/b35-25+,36-26+. The van der Waals surface area contributed by atoms with Crippen molar-refractivity contribution in [2.45, 2.75) is 102 Å². The van der Waals surface area contributed by atoms with Crippen molar-refractivity contribution in [3.05, 3.63) is 139 Å². The number of imide groups is 6. The highest BCUT2D eigenvalue weighted by molar-refractivity contribution is 7.16. The second-order valence-corrected chi connectivity index (χ2v) is 21.0. The van der Waals surface area contributed by atoms with E-state index in [0.29, 0.717) is 78.1 Å². The normalized spacial score (nSPS) is 19.6. The molecular formula is C56H44N6O10S2. The van der Waals surface area contributed by atoms with Gasteiger partial charge in [0.1, 0.15) is 57.7 Å². The summed E-state index contributed by atoms with van der Waals surface area (Å²) in [6.45, 7) is 2.58. The Hall–Kier alpha value is -8.32. The van der Waals surface area contributed by atoms with Gasteiger partial charge in [-0.25, -0.2) is 19.6 Å². The van der Waals surface area contributed by atoms with Gasteiger partial charge in [0.05, 0.1) is 9.75 Å². The van der Waals surface area contributed by atoms with E-state index in [4.69, 9.17) is 28.9 Å². The lowest BCUT2D eigenvalue weighted by Gasteiger charge is -2.45. The molecule has 2 aromatic heterocycles. The Balaban J connectivity index is 0.984. The van der Waals surface area contributed by atoms with Crippen LogP contribution in [0.5, 0.6) is 11.8 Å². The molecular weight excluding hydrogens is 981 g/mol. The Morgan fingerprint density at radius 2 is 0.986 bits per heavy atom. The Kier molecular flexibility index (Phi) is 12.3. The topological polar surface area (TPSA) is 219 Å². The SMILES string of the molecule is CC1=C(C#N)C(=O)N(C(=O)OCc2ccccc2)C(=O)/C1=C/c1nc2c(s1)-c1cc3c(cc1C1(CCCCC1)O2)-c1sc(/C=C2/C(=O)N(C(=O)OCc4ccccc4)C(=O)C(C#N)=C2C)nc1OC31CCCCC1. The van der Waals surface area contributed by atoms with Crippen LogP contribution < -0.4 is 9.47 Å². The summed E-state index contributed by atoms with van der Waals surface area (Å²) in [5.74, 6) is -3.27. The van der Waals surface area contributed by atoms with Crippen molar-refractivity contribution in [1.82, 2.24) is 19.8 Å². The third-order valence-corrected chi connectivity index (χ3v) is 16.6. The zero-order chi connectivity index (χ0) is 51.5. The number of hydrogen-bond donors (Lipinski definition) is 0. The number of aromatic nitrogens is 2. The van der Waals surface area contributed by atoms with Crippen LogP contribution in [-0.4, -0.2) is 55.6 Å². The molecule has 0 saturated heterocycles. The number of nitriles is 2. The highest BCUT2D eigenvalue weighted by Crippen LogP contribution is 2.59. The predicted octanol–water partition coefficient (Wildman–Crippen LogP) is 10.9. The number of hydrogen-bond acceptors (Lipinski definition) is 16. The fraction of sp³-hybridized carbons (Fsp3) is 0.286. The largest absolute Gasteiger partial charge is 0.465 e. The van der Waals surface area contributed by atoms with Gasteiger partial charge in [0.25, 0.3) is 23.6 Å². The first kappa shape index (κ1) is 48.0. The van der Waals surface area contributed by atoms with Gasteiger partial charge in [-0.1, -0.05) is 73.5 Å². The van der Waals surface area contributed by atoms with E-state index in [1.54, 1.807) is 60.7 Å². The summed E-state index contributed by atoms with van der Waals surface area (Å²) in [7, 11) is 0. The molecule has 3 aromatic carbocycles. The van der Waals surface area contributed by atoms with Crippen molar-refractivity contribution >= 4 is 70.6 Å². The maximum Gasteiger partial charge on any atom is 0.424 e. The monoisotopic (exact) mass is 1020 g/mol. The molecule has 6 amide bonds. The van der Waals surface area contributed by atoms with Gasteiger partial charge in [-0.15, -0.1) is 22.7 Å². The molecule has 370 valence electrons. The zero-order valence-corrected chi connectivity index (χ0v) is 41.8. The van der Waals surface area contributed by atoms with Gasteiger partial charge < -0.3 is 18.9 Å². The third-order valence-electron chi connectivity index (χ3n) is 14.6. The molecule has 16 nitrogen and oxygen atoms in total. The van der Waals surface area contributed by atoms with E-state index in [0.717, 1.165) is 60.8 Å². The molecule has 74 heavy (non-hydrogen) atoms. The lowest BCUT2D eigenvalue weighted by atomic mass is 9.71. The maximum atomic E-state index is 14.1. The van der Waals surface area contributed by atoms with E-state index in [1.165, 1.54) is 48.7 Å². The van der Waals surface area contributed by atoms with Crippen LogP contribution in [0.4, 0.5) is 9.59 Å². The van der Waals surface area contributed by atoms with Crippen LogP contribution in [0.1, 0.15) is 110 Å². The van der Waals surface area contributed by atoms with Crippen molar-refractivity contribution in [3.8, 4) is 44.8 Å². The van der Waals surface area contributed by atoms with Crippen LogP contribution in [0, 0.1) is 22.7 Å². The van der Waals surface area contributed by atoms with Crippen LogP contribution in [0.2, 0.25) is 0 Å². The van der Waals surface area contributed by atoms with E-state index in [2.05, 4.69) is 12.1 Å². The van der Waals surface area contributed by atoms with Crippen LogP contribution in [-0.2, 0) is 53.1 Å². The Labute approximate surface area is 432 Å². The van der Waals surface area contributed by atoms with Gasteiger partial charge >= 0.3 is 12.2 Å². The second-order valence-electron chi connectivity index (χ2n) is 18.9. The van der Waals surface area contributed by atoms with Gasteiger partial charge in [-0.3, -0.25) is 19.2 Å². The number of benzene rings is 3.